The van der Waals surface area contributed by atoms with Gasteiger partial charge in [-0.2, -0.15) is 0 Å². The standard InChI is InChI=1S/C30H27BrClN3O5S/c1-39-25-16-21(15-24(32)28(25)40-19-20-7-9-22(31)10-8-20)17-26-29(37)35(30(38)41-26)18-27(36)34-13-11-33(12-14-34)23-5-3-2-4-6-23/h2-10,15-17H,11-14,18-19H2,1H3/b26-17+. The van der Waals surface area contributed by atoms with Crippen molar-refractivity contribution in [1.29, 1.82) is 0 Å². The van der Waals surface area contributed by atoms with Crippen LogP contribution in [0.2, 0.25) is 5.02 Å². The first-order chi connectivity index (χ1) is 19.8. The van der Waals surface area contributed by atoms with E-state index in [4.69, 9.17) is 21.1 Å². The van der Waals surface area contributed by atoms with E-state index in [0.29, 0.717) is 48.3 Å². The maximum absolute atomic E-state index is 13.1. The molecule has 2 heterocycles. The molecule has 0 atom stereocenters. The van der Waals surface area contributed by atoms with Crippen LogP contribution in [0.5, 0.6) is 11.5 Å². The second-order valence-corrected chi connectivity index (χ2v) is 11.7. The summed E-state index contributed by atoms with van der Waals surface area (Å²) in [5.74, 6) is 0.00499. The number of halogens is 2. The summed E-state index contributed by atoms with van der Waals surface area (Å²) in [4.78, 5) is 43.9. The van der Waals surface area contributed by atoms with Gasteiger partial charge in [0.1, 0.15) is 13.2 Å². The molecule has 11 heteroatoms. The van der Waals surface area contributed by atoms with Gasteiger partial charge < -0.3 is 19.3 Å². The first-order valence-electron chi connectivity index (χ1n) is 12.9. The van der Waals surface area contributed by atoms with E-state index in [1.165, 1.54) is 7.11 Å². The smallest absolute Gasteiger partial charge is 0.294 e. The average molecular weight is 657 g/mol. The van der Waals surface area contributed by atoms with Crippen molar-refractivity contribution < 1.29 is 23.9 Å². The number of anilines is 1. The third kappa shape index (κ3) is 6.89. The Labute approximate surface area is 256 Å². The molecule has 3 amide bonds. The summed E-state index contributed by atoms with van der Waals surface area (Å²) in [6.07, 6.45) is 1.57. The number of thioether (sulfide) groups is 1. The molecule has 212 valence electrons. The molecule has 41 heavy (non-hydrogen) atoms. The fourth-order valence-corrected chi connectivity index (χ4v) is 5.95. The Morgan fingerprint density at radius 2 is 1.73 bits per heavy atom. The van der Waals surface area contributed by atoms with Crippen molar-refractivity contribution in [3.05, 3.63) is 92.3 Å². The maximum Gasteiger partial charge on any atom is 0.294 e. The van der Waals surface area contributed by atoms with E-state index in [1.54, 1.807) is 23.1 Å². The molecule has 5 rings (SSSR count). The number of rotatable bonds is 8. The lowest BCUT2D eigenvalue weighted by Crippen LogP contribution is -2.51. The molecule has 0 radical (unpaired) electrons. The van der Waals surface area contributed by atoms with Gasteiger partial charge in [-0.05, 0) is 65.4 Å². The predicted molar refractivity (Wildman–Crippen MR) is 164 cm³/mol. The molecule has 0 N–H and O–H groups in total. The first-order valence-corrected chi connectivity index (χ1v) is 14.9. The van der Waals surface area contributed by atoms with Gasteiger partial charge in [-0.15, -0.1) is 0 Å². The summed E-state index contributed by atoms with van der Waals surface area (Å²) >= 11 is 10.7. The lowest BCUT2D eigenvalue weighted by molar-refractivity contribution is -0.136. The Morgan fingerprint density at radius 1 is 1.02 bits per heavy atom. The number of amides is 3. The molecule has 2 aliphatic heterocycles. The maximum atomic E-state index is 13.1. The fourth-order valence-electron chi connectivity index (χ4n) is 4.58. The van der Waals surface area contributed by atoms with E-state index < -0.39 is 11.1 Å². The zero-order valence-corrected chi connectivity index (χ0v) is 25.4. The highest BCUT2D eigenvalue weighted by atomic mass is 79.9. The lowest BCUT2D eigenvalue weighted by Gasteiger charge is -2.36. The van der Waals surface area contributed by atoms with Gasteiger partial charge in [0.15, 0.2) is 11.5 Å². The summed E-state index contributed by atoms with van der Waals surface area (Å²) in [5.41, 5.74) is 2.63. The minimum Gasteiger partial charge on any atom is -0.493 e. The van der Waals surface area contributed by atoms with E-state index in [9.17, 15) is 14.4 Å². The van der Waals surface area contributed by atoms with Gasteiger partial charge in [0.2, 0.25) is 5.91 Å². The Morgan fingerprint density at radius 3 is 2.41 bits per heavy atom. The number of ether oxygens (including phenoxy) is 2. The van der Waals surface area contributed by atoms with E-state index in [-0.39, 0.29) is 24.0 Å². The topological polar surface area (TPSA) is 79.4 Å². The third-order valence-corrected chi connectivity index (χ3v) is 8.48. The number of piperazine rings is 1. The number of benzene rings is 3. The van der Waals surface area contributed by atoms with Crippen molar-refractivity contribution in [3.8, 4) is 11.5 Å². The van der Waals surface area contributed by atoms with Crippen molar-refractivity contribution in [2.75, 3.05) is 44.7 Å². The molecule has 2 aliphatic rings. The average Bonchev–Trinajstić information content (AvgIpc) is 3.24. The number of carbonyl (C=O) groups is 3. The minimum atomic E-state index is -0.512. The molecular formula is C30H27BrClN3O5S. The monoisotopic (exact) mass is 655 g/mol. The van der Waals surface area contributed by atoms with Crippen LogP contribution in [-0.2, 0) is 16.2 Å². The molecule has 0 unspecified atom stereocenters. The molecule has 3 aromatic rings. The van der Waals surface area contributed by atoms with Crippen LogP contribution in [0, 0.1) is 0 Å². The molecule has 8 nitrogen and oxygen atoms in total. The summed E-state index contributed by atoms with van der Waals surface area (Å²) < 4.78 is 12.4. The molecule has 3 aromatic carbocycles. The SMILES string of the molecule is COc1cc(/C=C2/SC(=O)N(CC(=O)N3CCN(c4ccccc4)CC3)C2=O)cc(Cl)c1OCc1ccc(Br)cc1. The molecular weight excluding hydrogens is 630 g/mol. The van der Waals surface area contributed by atoms with Gasteiger partial charge in [-0.1, -0.05) is 57.9 Å². The summed E-state index contributed by atoms with van der Waals surface area (Å²) in [6.45, 7) is 2.41. The van der Waals surface area contributed by atoms with Crippen molar-refractivity contribution in [3.63, 3.8) is 0 Å². The summed E-state index contributed by atoms with van der Waals surface area (Å²) in [7, 11) is 1.50. The van der Waals surface area contributed by atoms with Gasteiger partial charge in [0.05, 0.1) is 17.0 Å². The van der Waals surface area contributed by atoms with Gasteiger partial charge in [0.25, 0.3) is 11.1 Å². The number of methoxy groups -OCH3 is 1. The quantitative estimate of drug-likeness (QED) is 0.272. The lowest BCUT2D eigenvalue weighted by atomic mass is 10.1. The molecule has 0 aromatic heterocycles. The van der Waals surface area contributed by atoms with Crippen molar-refractivity contribution >= 4 is 68.1 Å². The van der Waals surface area contributed by atoms with Crippen LogP contribution in [0.25, 0.3) is 6.08 Å². The van der Waals surface area contributed by atoms with Gasteiger partial charge >= 0.3 is 0 Å². The van der Waals surface area contributed by atoms with Crippen LogP contribution in [0.4, 0.5) is 10.5 Å². The Kier molecular flexibility index (Phi) is 9.22. The minimum absolute atomic E-state index is 0.207. The molecule has 0 bridgehead atoms. The van der Waals surface area contributed by atoms with E-state index in [2.05, 4.69) is 20.8 Å². The number of para-hydroxylation sites is 1. The highest BCUT2D eigenvalue weighted by Gasteiger charge is 2.37. The van der Waals surface area contributed by atoms with Crippen LogP contribution >= 0.6 is 39.3 Å². The van der Waals surface area contributed by atoms with Crippen LogP contribution < -0.4 is 14.4 Å². The van der Waals surface area contributed by atoms with Crippen LogP contribution in [0.1, 0.15) is 11.1 Å². The number of hydrogen-bond donors (Lipinski definition) is 0. The largest absolute Gasteiger partial charge is 0.493 e. The van der Waals surface area contributed by atoms with Crippen LogP contribution in [0.3, 0.4) is 0 Å². The Balaban J connectivity index is 1.22. The normalized spacial score (nSPS) is 16.5. The predicted octanol–water partition coefficient (Wildman–Crippen LogP) is 6.08. The number of hydrogen-bond acceptors (Lipinski definition) is 7. The zero-order valence-electron chi connectivity index (χ0n) is 22.2. The Bertz CT molecular complexity index is 1480. The Hall–Kier alpha value is -3.47. The van der Waals surface area contributed by atoms with Crippen molar-refractivity contribution in [2.45, 2.75) is 6.61 Å². The molecule has 2 fully saturated rings. The van der Waals surface area contributed by atoms with E-state index >= 15 is 0 Å². The number of carbonyl (C=O) groups excluding carboxylic acids is 3. The zero-order chi connectivity index (χ0) is 28.9. The van der Waals surface area contributed by atoms with E-state index in [0.717, 1.165) is 32.4 Å². The summed E-state index contributed by atoms with van der Waals surface area (Å²) in [6, 6.07) is 21.1. The molecule has 0 aliphatic carbocycles. The molecule has 0 saturated carbocycles. The van der Waals surface area contributed by atoms with Crippen molar-refractivity contribution in [1.82, 2.24) is 9.80 Å². The van der Waals surface area contributed by atoms with E-state index in [1.807, 2.05) is 54.6 Å². The number of nitrogens with zero attached hydrogens (tertiary/aromatic N) is 3. The van der Waals surface area contributed by atoms with Crippen LogP contribution in [0.15, 0.2) is 76.1 Å². The molecule has 0 spiro atoms. The summed E-state index contributed by atoms with van der Waals surface area (Å²) in [5, 5.41) is -0.179. The van der Waals surface area contributed by atoms with Gasteiger partial charge in [-0.3, -0.25) is 19.3 Å². The third-order valence-electron chi connectivity index (χ3n) is 6.77. The second-order valence-electron chi connectivity index (χ2n) is 9.42. The van der Waals surface area contributed by atoms with Gasteiger partial charge in [0, 0.05) is 36.3 Å². The van der Waals surface area contributed by atoms with Crippen molar-refractivity contribution in [2.24, 2.45) is 0 Å². The number of imide groups is 1. The molecule has 2 saturated heterocycles. The highest BCUT2D eigenvalue weighted by molar-refractivity contribution is 9.10. The van der Waals surface area contributed by atoms with Crippen LogP contribution in [-0.4, -0.2) is 66.7 Å². The highest BCUT2D eigenvalue weighted by Crippen LogP contribution is 2.39. The fraction of sp³-hybridized carbons (Fsp3) is 0.233. The van der Waals surface area contributed by atoms with Gasteiger partial charge in [-0.25, -0.2) is 0 Å². The first kappa shape index (κ1) is 29.0. The second kappa shape index (κ2) is 13.0.